The number of sulfonamides is 1. The highest BCUT2D eigenvalue weighted by molar-refractivity contribution is 7.91. The van der Waals surface area contributed by atoms with E-state index in [4.69, 9.17) is 14.2 Å². The number of rotatable bonds is 14. The average Bonchev–Trinajstić information content (AvgIpc) is 4.04. The molecule has 0 bridgehead atoms. The molecule has 3 fully saturated rings. The molecule has 0 spiro atoms. The Morgan fingerprint density at radius 3 is 2.43 bits per heavy atom. The first-order valence-electron chi connectivity index (χ1n) is 18.6. The Kier molecular flexibility index (Phi) is 12.1. The molecule has 16 heteroatoms. The number of amides is 4. The third kappa shape index (κ3) is 10.4. The summed E-state index contributed by atoms with van der Waals surface area (Å²) in [7, 11) is -2.39. The molecule has 1 aromatic carbocycles. The third-order valence-corrected chi connectivity index (χ3v) is 11.4. The van der Waals surface area contributed by atoms with Crippen molar-refractivity contribution < 1.29 is 46.6 Å². The van der Waals surface area contributed by atoms with Crippen molar-refractivity contribution in [3.8, 4) is 23.5 Å². The van der Waals surface area contributed by atoms with Crippen LogP contribution in [0.4, 0.5) is 4.79 Å². The van der Waals surface area contributed by atoms with Gasteiger partial charge in [0.2, 0.25) is 33.5 Å². The molecule has 5 atom stereocenters. The Morgan fingerprint density at radius 1 is 1.11 bits per heavy atom. The van der Waals surface area contributed by atoms with Crippen LogP contribution in [0.2, 0.25) is 0 Å². The van der Waals surface area contributed by atoms with E-state index in [2.05, 4.69) is 38.8 Å². The molecular weight excluding hydrogens is 743 g/mol. The number of likely N-dealkylation sites (tertiary alicyclic amines) is 1. The number of hydrogen-bond acceptors (Lipinski definition) is 11. The van der Waals surface area contributed by atoms with Crippen molar-refractivity contribution in [3.63, 3.8) is 0 Å². The summed E-state index contributed by atoms with van der Waals surface area (Å²) in [6.07, 6.45) is 1.86. The third-order valence-electron chi connectivity index (χ3n) is 9.54. The van der Waals surface area contributed by atoms with Gasteiger partial charge >= 0.3 is 6.09 Å². The first-order valence-corrected chi connectivity index (χ1v) is 20.2. The predicted octanol–water partition coefficient (Wildman–Crippen LogP) is 3.55. The molecule has 1 saturated heterocycles. The van der Waals surface area contributed by atoms with Gasteiger partial charge in [0.25, 0.3) is 5.91 Å². The number of nitrogens with zero attached hydrogens (tertiary/aromatic N) is 2. The van der Waals surface area contributed by atoms with Crippen molar-refractivity contribution >= 4 is 50.4 Å². The van der Waals surface area contributed by atoms with Gasteiger partial charge in [-0.2, -0.15) is 0 Å². The minimum absolute atomic E-state index is 0.0578. The Balaban J connectivity index is 1.45. The fraction of sp³-hybridized carbons (Fsp3) is 0.550. The maximum Gasteiger partial charge on any atom is 0.408 e. The molecular formula is C40H51N5O10S. The number of ketones is 1. The van der Waals surface area contributed by atoms with Gasteiger partial charge in [-0.1, -0.05) is 12.0 Å². The molecule has 3 N–H and O–H groups in total. The Bertz CT molecular complexity index is 2080. The molecule has 2 aliphatic carbocycles. The highest BCUT2D eigenvalue weighted by Gasteiger charge is 2.62. The summed E-state index contributed by atoms with van der Waals surface area (Å²) in [5.74, 6) is 2.97. The second-order valence-electron chi connectivity index (χ2n) is 16.5. The number of aromatic nitrogens is 1. The number of fused-ring (bicyclic) bond motifs is 1. The van der Waals surface area contributed by atoms with E-state index in [9.17, 15) is 32.4 Å². The number of alkyl carbamates (subject to hydrolysis) is 1. The van der Waals surface area contributed by atoms with Crippen molar-refractivity contribution in [2.24, 2.45) is 11.3 Å². The SMILES string of the molecule is C=CC1CC1(NC(=O)C1CC(Oc2nccc3cc(OC)ccc23)CN1C(=O)C(CCC(=O)C#CC(C)(C)C)NC(=O)OC(C)(C)C)C(=O)NS(=O)(=O)C1CC1. The molecule has 56 heavy (non-hydrogen) atoms. The monoisotopic (exact) mass is 793 g/mol. The van der Waals surface area contributed by atoms with Crippen LogP contribution in [0.1, 0.15) is 80.1 Å². The number of hydrogen-bond donors (Lipinski definition) is 3. The van der Waals surface area contributed by atoms with Crippen LogP contribution in [0.5, 0.6) is 11.6 Å². The van der Waals surface area contributed by atoms with Crippen molar-refractivity contribution in [2.45, 2.75) is 115 Å². The van der Waals surface area contributed by atoms with Gasteiger partial charge in [0.1, 0.15) is 35.1 Å². The van der Waals surface area contributed by atoms with E-state index in [1.54, 1.807) is 52.3 Å². The number of pyridine rings is 1. The summed E-state index contributed by atoms with van der Waals surface area (Å²) in [6, 6.07) is 4.54. The Morgan fingerprint density at radius 2 is 1.82 bits per heavy atom. The molecule has 0 radical (unpaired) electrons. The van der Waals surface area contributed by atoms with Gasteiger partial charge in [-0.25, -0.2) is 18.2 Å². The number of nitrogens with one attached hydrogen (secondary N) is 3. The van der Waals surface area contributed by atoms with Gasteiger partial charge < -0.3 is 29.7 Å². The number of carbonyl (C=O) groups is 5. The van der Waals surface area contributed by atoms with Crippen molar-refractivity contribution in [1.82, 2.24) is 25.2 Å². The summed E-state index contributed by atoms with van der Waals surface area (Å²) < 4.78 is 44.7. The second kappa shape index (κ2) is 16.1. The predicted molar refractivity (Wildman–Crippen MR) is 207 cm³/mol. The van der Waals surface area contributed by atoms with Crippen LogP contribution in [0, 0.1) is 23.2 Å². The maximum atomic E-state index is 14.5. The maximum absolute atomic E-state index is 14.5. The minimum atomic E-state index is -3.94. The molecule has 5 rings (SSSR count). The first kappa shape index (κ1) is 42.0. The highest BCUT2D eigenvalue weighted by Crippen LogP contribution is 2.45. The summed E-state index contributed by atoms with van der Waals surface area (Å²) in [6.45, 7) is 14.1. The molecule has 2 heterocycles. The van der Waals surface area contributed by atoms with E-state index >= 15 is 0 Å². The van der Waals surface area contributed by atoms with Crippen molar-refractivity contribution in [2.75, 3.05) is 13.7 Å². The number of Topliss-reactive ketones (excluding diaryl/α,β-unsaturated/α-hetero) is 1. The fourth-order valence-corrected chi connectivity index (χ4v) is 7.77. The zero-order chi connectivity index (χ0) is 41.2. The summed E-state index contributed by atoms with van der Waals surface area (Å²) in [5, 5.41) is 6.07. The molecule has 2 saturated carbocycles. The average molecular weight is 794 g/mol. The topological polar surface area (TPSA) is 199 Å². The quantitative estimate of drug-likeness (QED) is 0.144. The molecule has 1 aromatic heterocycles. The van der Waals surface area contributed by atoms with Crippen LogP contribution < -0.4 is 24.8 Å². The zero-order valence-corrected chi connectivity index (χ0v) is 33.7. The van der Waals surface area contributed by atoms with Gasteiger partial charge in [-0.05, 0) is 103 Å². The Hall–Kier alpha value is -5.17. The van der Waals surface area contributed by atoms with Crippen molar-refractivity contribution in [3.05, 3.63) is 43.1 Å². The lowest BCUT2D eigenvalue weighted by molar-refractivity contribution is -0.141. The number of carbonyl (C=O) groups excluding carboxylic acids is 5. The van der Waals surface area contributed by atoms with Crippen LogP contribution >= 0.6 is 0 Å². The second-order valence-corrected chi connectivity index (χ2v) is 18.5. The van der Waals surface area contributed by atoms with Crippen LogP contribution in [0.15, 0.2) is 43.1 Å². The summed E-state index contributed by atoms with van der Waals surface area (Å²) >= 11 is 0. The van der Waals surface area contributed by atoms with E-state index in [1.165, 1.54) is 11.0 Å². The Labute approximate surface area is 327 Å². The fourth-order valence-electron chi connectivity index (χ4n) is 6.40. The lowest BCUT2D eigenvalue weighted by Crippen LogP contribution is -2.58. The van der Waals surface area contributed by atoms with E-state index < -0.39 is 85.5 Å². The van der Waals surface area contributed by atoms with Gasteiger partial charge in [-0.3, -0.25) is 23.9 Å². The smallest absolute Gasteiger partial charge is 0.408 e. The van der Waals surface area contributed by atoms with Gasteiger partial charge in [0.15, 0.2) is 0 Å². The first-order chi connectivity index (χ1) is 26.1. The van der Waals surface area contributed by atoms with E-state index in [0.717, 1.165) is 5.39 Å². The lowest BCUT2D eigenvalue weighted by atomic mass is 9.97. The molecule has 2 aromatic rings. The minimum Gasteiger partial charge on any atom is -0.497 e. The van der Waals surface area contributed by atoms with Crippen molar-refractivity contribution in [1.29, 1.82) is 0 Å². The molecule has 3 aliphatic rings. The van der Waals surface area contributed by atoms with E-state index in [1.807, 2.05) is 26.8 Å². The van der Waals surface area contributed by atoms with E-state index in [0.29, 0.717) is 24.0 Å². The lowest BCUT2D eigenvalue weighted by Gasteiger charge is -2.30. The molecule has 5 unspecified atom stereocenters. The normalized spacial score (nSPS) is 22.5. The van der Waals surface area contributed by atoms with Gasteiger partial charge in [0, 0.05) is 35.8 Å². The molecule has 1 aliphatic heterocycles. The van der Waals surface area contributed by atoms with Crippen LogP contribution in [0.3, 0.4) is 0 Å². The molecule has 302 valence electrons. The van der Waals surface area contributed by atoms with Crippen LogP contribution in [0.25, 0.3) is 10.8 Å². The number of ether oxygens (including phenoxy) is 3. The van der Waals surface area contributed by atoms with Gasteiger partial charge in [0.05, 0.1) is 18.9 Å². The van der Waals surface area contributed by atoms with Crippen LogP contribution in [-0.2, 0) is 33.9 Å². The van der Waals surface area contributed by atoms with Crippen LogP contribution in [-0.4, -0.2) is 96.1 Å². The molecule has 4 amide bonds. The summed E-state index contributed by atoms with van der Waals surface area (Å²) in [5.41, 5.74) is -2.97. The summed E-state index contributed by atoms with van der Waals surface area (Å²) in [4.78, 5) is 73.9. The standard InChI is InChI=1S/C40H51N5O10S/c1-9-25-22-40(25,36(49)44-56(51,52)29-12-13-29)43-33(47)32-21-28(54-34-30-14-11-27(53-8)20-24(30)17-19-41-34)23-45(32)35(48)31(42-37(50)55-39(5,6)7)15-10-26(46)16-18-38(2,3)4/h9,11,14,17,19-20,25,28-29,31-32H,1,10,12-13,15,21-23H2,2-8H3,(H,42,50)(H,43,47)(H,44,49). The largest absolute Gasteiger partial charge is 0.497 e. The number of methoxy groups -OCH3 is 1. The van der Waals surface area contributed by atoms with E-state index in [-0.39, 0.29) is 38.1 Å². The molecule has 15 nitrogen and oxygen atoms in total. The zero-order valence-electron chi connectivity index (χ0n) is 32.9. The number of benzene rings is 1. The van der Waals surface area contributed by atoms with Gasteiger partial charge in [-0.15, -0.1) is 6.58 Å². The highest BCUT2D eigenvalue weighted by atomic mass is 32.2.